The van der Waals surface area contributed by atoms with Crippen molar-refractivity contribution in [2.75, 3.05) is 7.05 Å². The normalized spacial score (nSPS) is 11.3. The minimum absolute atomic E-state index is 0.742. The molecule has 0 radical (unpaired) electrons. The summed E-state index contributed by atoms with van der Waals surface area (Å²) in [4.78, 5) is 15.6. The lowest BCUT2D eigenvalue weighted by molar-refractivity contribution is 0.770. The fourth-order valence-corrected chi connectivity index (χ4v) is 2.34. The second-order valence-electron chi connectivity index (χ2n) is 4.74. The van der Waals surface area contributed by atoms with Crippen molar-refractivity contribution in [2.24, 2.45) is 0 Å². The number of imidazole rings is 2. The molecule has 2 heterocycles. The van der Waals surface area contributed by atoms with Gasteiger partial charge in [-0.1, -0.05) is 6.07 Å². The predicted octanol–water partition coefficient (Wildman–Crippen LogP) is 2.29. The lowest BCUT2D eigenvalue weighted by atomic mass is 10.1. The van der Waals surface area contributed by atoms with Crippen LogP contribution in [0.25, 0.3) is 22.3 Å². The molecule has 0 saturated heterocycles. The molecule has 5 nitrogen and oxygen atoms in total. The predicted molar refractivity (Wildman–Crippen MR) is 75.9 cm³/mol. The first kappa shape index (κ1) is 11.9. The minimum Gasteiger partial charge on any atom is -0.344 e. The molecule has 3 rings (SSSR count). The van der Waals surface area contributed by atoms with Gasteiger partial charge in [-0.05, 0) is 33.0 Å². The van der Waals surface area contributed by atoms with Gasteiger partial charge in [0.2, 0.25) is 0 Å². The summed E-state index contributed by atoms with van der Waals surface area (Å²) in [6.07, 6.45) is 0. The van der Waals surface area contributed by atoms with Gasteiger partial charge in [-0.2, -0.15) is 0 Å². The minimum atomic E-state index is 0.742. The molecule has 0 aliphatic rings. The highest BCUT2D eigenvalue weighted by Gasteiger charge is 2.10. The van der Waals surface area contributed by atoms with E-state index in [0.29, 0.717) is 0 Å². The van der Waals surface area contributed by atoms with Gasteiger partial charge in [0.05, 0.1) is 23.3 Å². The summed E-state index contributed by atoms with van der Waals surface area (Å²) in [5.41, 5.74) is 5.23. The van der Waals surface area contributed by atoms with Crippen LogP contribution in [0.3, 0.4) is 0 Å². The smallest absolute Gasteiger partial charge is 0.121 e. The molecular weight excluding hydrogens is 238 g/mol. The summed E-state index contributed by atoms with van der Waals surface area (Å²) in [5.74, 6) is 1.89. The zero-order chi connectivity index (χ0) is 13.4. The molecule has 1 aromatic carbocycles. The van der Waals surface area contributed by atoms with Crippen molar-refractivity contribution in [2.45, 2.75) is 20.4 Å². The molecule has 0 unspecified atom stereocenters. The summed E-state index contributed by atoms with van der Waals surface area (Å²) in [6.45, 7) is 4.75. The topological polar surface area (TPSA) is 69.4 Å². The number of nitrogens with one attached hydrogen (secondary N) is 3. The molecule has 0 spiro atoms. The highest BCUT2D eigenvalue weighted by Crippen LogP contribution is 2.24. The molecule has 0 aliphatic carbocycles. The molecule has 98 valence electrons. The summed E-state index contributed by atoms with van der Waals surface area (Å²) >= 11 is 0. The summed E-state index contributed by atoms with van der Waals surface area (Å²) in [5, 5.41) is 3.10. The van der Waals surface area contributed by atoms with Crippen molar-refractivity contribution >= 4 is 11.0 Å². The van der Waals surface area contributed by atoms with E-state index < -0.39 is 0 Å². The van der Waals surface area contributed by atoms with Crippen LogP contribution >= 0.6 is 0 Å². The van der Waals surface area contributed by atoms with Crippen molar-refractivity contribution in [1.29, 1.82) is 0 Å². The SMILES string of the molecule is CNCc1nc(-c2ccc3nc(C)[nH]c3c2)c(C)[nH]1. The van der Waals surface area contributed by atoms with E-state index in [2.05, 4.69) is 37.4 Å². The fourth-order valence-electron chi connectivity index (χ4n) is 2.34. The first-order valence-electron chi connectivity index (χ1n) is 6.34. The van der Waals surface area contributed by atoms with E-state index >= 15 is 0 Å². The largest absolute Gasteiger partial charge is 0.344 e. The highest BCUT2D eigenvalue weighted by atomic mass is 15.0. The molecule has 0 bridgehead atoms. The number of rotatable bonds is 3. The molecular formula is C14H17N5. The fraction of sp³-hybridized carbons (Fsp3) is 0.286. The summed E-state index contributed by atoms with van der Waals surface area (Å²) < 4.78 is 0. The standard InChI is InChI=1S/C14H17N5/c1-8-14(19-13(16-8)7-15-3)10-4-5-11-12(6-10)18-9(2)17-11/h4-6,15H,7H2,1-3H3,(H,16,19)(H,17,18). The molecule has 0 fully saturated rings. The Morgan fingerprint density at radius 3 is 2.79 bits per heavy atom. The maximum Gasteiger partial charge on any atom is 0.121 e. The van der Waals surface area contributed by atoms with Crippen molar-refractivity contribution in [1.82, 2.24) is 25.3 Å². The zero-order valence-electron chi connectivity index (χ0n) is 11.3. The number of fused-ring (bicyclic) bond motifs is 1. The molecule has 2 aromatic heterocycles. The first-order valence-corrected chi connectivity index (χ1v) is 6.34. The van der Waals surface area contributed by atoms with Crippen LogP contribution in [-0.4, -0.2) is 27.0 Å². The van der Waals surface area contributed by atoms with Crippen LogP contribution in [0.15, 0.2) is 18.2 Å². The van der Waals surface area contributed by atoms with Gasteiger partial charge >= 0.3 is 0 Å². The summed E-state index contributed by atoms with van der Waals surface area (Å²) in [6, 6.07) is 6.19. The molecule has 19 heavy (non-hydrogen) atoms. The van der Waals surface area contributed by atoms with Crippen LogP contribution in [0.5, 0.6) is 0 Å². The zero-order valence-corrected chi connectivity index (χ0v) is 11.3. The Balaban J connectivity index is 2.07. The second-order valence-corrected chi connectivity index (χ2v) is 4.74. The molecule has 3 N–H and O–H groups in total. The van der Waals surface area contributed by atoms with E-state index in [1.54, 1.807) is 0 Å². The first-order chi connectivity index (χ1) is 9.17. The van der Waals surface area contributed by atoms with Crippen LogP contribution in [0.2, 0.25) is 0 Å². The molecule has 5 heteroatoms. The molecule has 3 aromatic rings. The van der Waals surface area contributed by atoms with E-state index in [0.717, 1.165) is 46.2 Å². The van der Waals surface area contributed by atoms with Crippen LogP contribution < -0.4 is 5.32 Å². The molecule has 0 amide bonds. The van der Waals surface area contributed by atoms with Gasteiger partial charge in [-0.3, -0.25) is 0 Å². The van der Waals surface area contributed by atoms with Crippen molar-refractivity contribution in [3.63, 3.8) is 0 Å². The third-order valence-corrected chi connectivity index (χ3v) is 3.15. The van der Waals surface area contributed by atoms with Gasteiger partial charge in [0, 0.05) is 11.3 Å². The number of aromatic nitrogens is 4. The van der Waals surface area contributed by atoms with Gasteiger partial charge in [0.15, 0.2) is 0 Å². The van der Waals surface area contributed by atoms with Gasteiger partial charge < -0.3 is 15.3 Å². The van der Waals surface area contributed by atoms with Crippen molar-refractivity contribution < 1.29 is 0 Å². The Morgan fingerprint density at radius 2 is 2.00 bits per heavy atom. The number of hydrogen-bond acceptors (Lipinski definition) is 3. The summed E-state index contributed by atoms with van der Waals surface area (Å²) in [7, 11) is 1.91. The second kappa shape index (κ2) is 4.51. The van der Waals surface area contributed by atoms with Gasteiger partial charge in [0.1, 0.15) is 11.6 Å². The van der Waals surface area contributed by atoms with Crippen molar-refractivity contribution in [3.05, 3.63) is 35.5 Å². The van der Waals surface area contributed by atoms with E-state index in [4.69, 9.17) is 0 Å². The monoisotopic (exact) mass is 255 g/mol. The Labute approximate surface area is 111 Å². The van der Waals surface area contributed by atoms with Crippen LogP contribution in [-0.2, 0) is 6.54 Å². The quantitative estimate of drug-likeness (QED) is 0.672. The lowest BCUT2D eigenvalue weighted by Gasteiger charge is -1.98. The van der Waals surface area contributed by atoms with Crippen LogP contribution in [0.1, 0.15) is 17.3 Å². The average Bonchev–Trinajstić information content (AvgIpc) is 2.90. The maximum absolute atomic E-state index is 4.63. The third kappa shape index (κ3) is 2.13. The number of aryl methyl sites for hydroxylation is 2. The number of benzene rings is 1. The lowest BCUT2D eigenvalue weighted by Crippen LogP contribution is -2.06. The maximum atomic E-state index is 4.63. The van der Waals surface area contributed by atoms with E-state index in [1.165, 1.54) is 0 Å². The molecule has 0 atom stereocenters. The van der Waals surface area contributed by atoms with E-state index in [-0.39, 0.29) is 0 Å². The Kier molecular flexibility index (Phi) is 2.83. The Morgan fingerprint density at radius 1 is 1.16 bits per heavy atom. The van der Waals surface area contributed by atoms with Gasteiger partial charge in [-0.25, -0.2) is 9.97 Å². The van der Waals surface area contributed by atoms with Crippen LogP contribution in [0.4, 0.5) is 0 Å². The number of aromatic amines is 2. The van der Waals surface area contributed by atoms with Crippen molar-refractivity contribution in [3.8, 4) is 11.3 Å². The number of nitrogens with zero attached hydrogens (tertiary/aromatic N) is 2. The number of H-pyrrole nitrogens is 2. The van der Waals surface area contributed by atoms with E-state index in [1.807, 2.05) is 27.0 Å². The number of hydrogen-bond donors (Lipinski definition) is 3. The van der Waals surface area contributed by atoms with Crippen LogP contribution in [0, 0.1) is 13.8 Å². The highest BCUT2D eigenvalue weighted by molar-refractivity contribution is 5.81. The van der Waals surface area contributed by atoms with E-state index in [9.17, 15) is 0 Å². The van der Waals surface area contributed by atoms with Gasteiger partial charge in [0.25, 0.3) is 0 Å². The molecule has 0 aliphatic heterocycles. The Bertz CT molecular complexity index is 723. The van der Waals surface area contributed by atoms with Gasteiger partial charge in [-0.15, -0.1) is 0 Å². The third-order valence-electron chi connectivity index (χ3n) is 3.15. The average molecular weight is 255 g/mol. The Hall–Kier alpha value is -2.14. The molecule has 0 saturated carbocycles.